The maximum atomic E-state index is 9.12. The Bertz CT molecular complexity index is 213. The highest BCUT2D eigenvalue weighted by Crippen LogP contribution is 2.58. The van der Waals surface area contributed by atoms with E-state index >= 15 is 0 Å². The molecule has 1 nitrogen and oxygen atoms in total. The zero-order valence-electron chi connectivity index (χ0n) is 7.21. The standard InChI is InChI=1S/C11H13N/c12-7-11-4-8-1-9(5-11)3-10(2-8)6-11/h8-10H,1-5H2. The van der Waals surface area contributed by atoms with Crippen molar-refractivity contribution in [3.63, 3.8) is 0 Å². The molecule has 0 spiro atoms. The molecule has 4 rings (SSSR count). The Morgan fingerprint density at radius 2 is 1.83 bits per heavy atom. The van der Waals surface area contributed by atoms with E-state index < -0.39 is 0 Å². The van der Waals surface area contributed by atoms with Gasteiger partial charge < -0.3 is 0 Å². The minimum absolute atomic E-state index is 0.102. The van der Waals surface area contributed by atoms with E-state index in [0.29, 0.717) is 5.92 Å². The summed E-state index contributed by atoms with van der Waals surface area (Å²) in [5.41, 5.74) is -0.102. The molecule has 0 amide bonds. The zero-order chi connectivity index (χ0) is 8.18. The zero-order valence-corrected chi connectivity index (χ0v) is 7.21. The molecule has 0 saturated heterocycles. The minimum atomic E-state index is -0.102. The quantitative estimate of drug-likeness (QED) is 0.532. The lowest BCUT2D eigenvalue weighted by Gasteiger charge is -2.53. The fraction of sp³-hybridized carbons (Fsp3) is 0.818. The van der Waals surface area contributed by atoms with Crippen LogP contribution in [-0.4, -0.2) is 0 Å². The average Bonchev–Trinajstić information content (AvgIpc) is 2.02. The fourth-order valence-electron chi connectivity index (χ4n) is 3.72. The van der Waals surface area contributed by atoms with Gasteiger partial charge in [-0.15, -0.1) is 0 Å². The Kier molecular flexibility index (Phi) is 1.18. The van der Waals surface area contributed by atoms with Crippen LogP contribution in [0, 0.1) is 40.9 Å². The molecule has 4 fully saturated rings. The van der Waals surface area contributed by atoms with Crippen LogP contribution in [0.4, 0.5) is 0 Å². The van der Waals surface area contributed by atoms with Crippen molar-refractivity contribution in [1.29, 1.82) is 5.26 Å². The molecule has 4 aliphatic rings. The molecule has 0 aromatic rings. The Balaban J connectivity index is 1.97. The summed E-state index contributed by atoms with van der Waals surface area (Å²) in [6.45, 7) is 0. The summed E-state index contributed by atoms with van der Waals surface area (Å²) in [6, 6.07) is 2.50. The first-order chi connectivity index (χ1) is 5.80. The van der Waals surface area contributed by atoms with E-state index in [1.165, 1.54) is 19.3 Å². The number of rotatable bonds is 0. The van der Waals surface area contributed by atoms with E-state index in [1.807, 2.05) is 0 Å². The molecule has 1 heteroatoms. The van der Waals surface area contributed by atoms with Crippen LogP contribution in [0.5, 0.6) is 0 Å². The summed E-state index contributed by atoms with van der Waals surface area (Å²) in [6.07, 6.45) is 9.83. The molecular formula is C11H13N. The first-order valence-corrected chi connectivity index (χ1v) is 4.99. The number of hydrogen-bond donors (Lipinski definition) is 0. The number of hydrogen-bond acceptors (Lipinski definition) is 1. The van der Waals surface area contributed by atoms with Crippen LogP contribution < -0.4 is 0 Å². The van der Waals surface area contributed by atoms with Gasteiger partial charge >= 0.3 is 0 Å². The Hall–Kier alpha value is -0.510. The summed E-state index contributed by atoms with van der Waals surface area (Å²) in [4.78, 5) is 0. The largest absolute Gasteiger partial charge is 0.198 e. The average molecular weight is 159 g/mol. The van der Waals surface area contributed by atoms with Gasteiger partial charge in [-0.3, -0.25) is 0 Å². The topological polar surface area (TPSA) is 23.8 Å². The summed E-state index contributed by atoms with van der Waals surface area (Å²) < 4.78 is 0. The van der Waals surface area contributed by atoms with Crippen LogP contribution in [0.15, 0.2) is 0 Å². The number of nitrogens with zero attached hydrogens (tertiary/aromatic N) is 1. The van der Waals surface area contributed by atoms with Gasteiger partial charge in [0.2, 0.25) is 0 Å². The Morgan fingerprint density at radius 1 is 1.17 bits per heavy atom. The molecule has 0 aromatic heterocycles. The maximum Gasteiger partial charge on any atom is 0.0696 e. The van der Waals surface area contributed by atoms with Crippen LogP contribution in [0.2, 0.25) is 0 Å². The van der Waals surface area contributed by atoms with Crippen molar-refractivity contribution in [2.75, 3.05) is 0 Å². The molecular weight excluding hydrogens is 146 g/mol. The van der Waals surface area contributed by atoms with Gasteiger partial charge in [0, 0.05) is 6.42 Å². The predicted octanol–water partition coefficient (Wildman–Crippen LogP) is 2.42. The molecule has 0 heterocycles. The normalized spacial score (nSPS) is 55.4. The van der Waals surface area contributed by atoms with Gasteiger partial charge in [0.25, 0.3) is 0 Å². The van der Waals surface area contributed by atoms with Crippen LogP contribution in [0.25, 0.3) is 0 Å². The highest BCUT2D eigenvalue weighted by atomic mass is 14.6. The molecule has 4 saturated carbocycles. The lowest BCUT2D eigenvalue weighted by atomic mass is 9.50. The lowest BCUT2D eigenvalue weighted by Crippen LogP contribution is -2.45. The number of nitriles is 1. The van der Waals surface area contributed by atoms with Gasteiger partial charge in [-0.1, -0.05) is 0 Å². The van der Waals surface area contributed by atoms with Crippen molar-refractivity contribution in [3.05, 3.63) is 6.42 Å². The Labute approximate surface area is 73.8 Å². The van der Waals surface area contributed by atoms with E-state index in [1.54, 1.807) is 0 Å². The van der Waals surface area contributed by atoms with Crippen molar-refractivity contribution in [2.45, 2.75) is 32.1 Å². The van der Waals surface area contributed by atoms with Crippen LogP contribution >= 0.6 is 0 Å². The van der Waals surface area contributed by atoms with Crippen LogP contribution in [0.1, 0.15) is 32.1 Å². The van der Waals surface area contributed by atoms with Crippen LogP contribution in [0.3, 0.4) is 0 Å². The molecule has 0 aromatic carbocycles. The highest BCUT2D eigenvalue weighted by Gasteiger charge is 2.51. The predicted molar refractivity (Wildman–Crippen MR) is 44.8 cm³/mol. The molecule has 0 N–H and O–H groups in total. The molecule has 12 heavy (non-hydrogen) atoms. The first kappa shape index (κ1) is 6.95. The van der Waals surface area contributed by atoms with Crippen LogP contribution in [-0.2, 0) is 0 Å². The van der Waals surface area contributed by atoms with Crippen molar-refractivity contribution < 1.29 is 0 Å². The van der Waals surface area contributed by atoms with Gasteiger partial charge in [-0.2, -0.15) is 5.26 Å². The van der Waals surface area contributed by atoms with Gasteiger partial charge in [0.1, 0.15) is 0 Å². The maximum absolute atomic E-state index is 9.12. The van der Waals surface area contributed by atoms with E-state index in [9.17, 15) is 0 Å². The molecule has 2 atom stereocenters. The summed E-state index contributed by atoms with van der Waals surface area (Å²) in [5, 5.41) is 9.12. The molecule has 0 aliphatic heterocycles. The Morgan fingerprint density at radius 3 is 2.33 bits per heavy atom. The third kappa shape index (κ3) is 0.787. The molecule has 2 radical (unpaired) electrons. The molecule has 62 valence electrons. The van der Waals surface area contributed by atoms with Crippen molar-refractivity contribution in [1.82, 2.24) is 0 Å². The molecule has 4 bridgehead atoms. The first-order valence-electron chi connectivity index (χ1n) is 4.99. The lowest BCUT2D eigenvalue weighted by molar-refractivity contribution is 0.0290. The van der Waals surface area contributed by atoms with Gasteiger partial charge in [0.15, 0.2) is 0 Å². The summed E-state index contributed by atoms with van der Waals surface area (Å²) >= 11 is 0. The summed E-state index contributed by atoms with van der Waals surface area (Å²) in [7, 11) is 0. The highest BCUT2D eigenvalue weighted by molar-refractivity contribution is 5.19. The van der Waals surface area contributed by atoms with Crippen molar-refractivity contribution in [2.24, 2.45) is 23.2 Å². The summed E-state index contributed by atoms with van der Waals surface area (Å²) in [5.74, 6) is 2.41. The fourth-order valence-corrected chi connectivity index (χ4v) is 3.72. The van der Waals surface area contributed by atoms with Crippen molar-refractivity contribution >= 4 is 0 Å². The van der Waals surface area contributed by atoms with E-state index in [0.717, 1.165) is 24.7 Å². The van der Waals surface area contributed by atoms with E-state index in [-0.39, 0.29) is 5.41 Å². The molecule has 2 unspecified atom stereocenters. The molecule has 4 aliphatic carbocycles. The third-order valence-electron chi connectivity index (χ3n) is 3.87. The van der Waals surface area contributed by atoms with Gasteiger partial charge in [0.05, 0.1) is 11.5 Å². The smallest absolute Gasteiger partial charge is 0.0696 e. The SMILES string of the molecule is N#CC12[C]C3CC(CC(C3)C1)C2. The second-order valence-corrected chi connectivity index (χ2v) is 4.88. The van der Waals surface area contributed by atoms with Gasteiger partial charge in [-0.05, 0) is 49.9 Å². The monoisotopic (exact) mass is 159 g/mol. The van der Waals surface area contributed by atoms with E-state index in [4.69, 9.17) is 5.26 Å². The second-order valence-electron chi connectivity index (χ2n) is 4.88. The minimum Gasteiger partial charge on any atom is -0.198 e. The van der Waals surface area contributed by atoms with E-state index in [2.05, 4.69) is 12.5 Å². The third-order valence-corrected chi connectivity index (χ3v) is 3.87. The van der Waals surface area contributed by atoms with Gasteiger partial charge in [-0.25, -0.2) is 0 Å². The van der Waals surface area contributed by atoms with Crippen molar-refractivity contribution in [3.8, 4) is 6.07 Å². The second kappa shape index (κ2) is 2.05.